The van der Waals surface area contributed by atoms with Gasteiger partial charge in [-0.1, -0.05) is 5.16 Å². The van der Waals surface area contributed by atoms with Crippen LogP contribution in [0.15, 0.2) is 21.3 Å². The molecular weight excluding hydrogens is 394 g/mol. The number of carbonyl (C=O) groups excluding carboxylic acids is 2. The number of nitrogens with zero attached hydrogens (tertiary/aromatic N) is 2. The molecule has 2 aromatic heterocycles. The third kappa shape index (κ3) is 4.52. The first-order valence-electron chi connectivity index (χ1n) is 9.77. The first-order valence-corrected chi connectivity index (χ1v) is 10.7. The standard InChI is InChI=1S/C20H25N3O5S/c1-12-16(13(2)28-22-12)3-4-19(24)23-7-17-18(8-23)27-10-15(9-26-17)21-20(25)14-5-6-29-11-14/h5-6,11,15,17-18H,3-4,7-10H2,1-2H3,(H,21,25)/t17-,18-/m0/s1. The second-order valence-electron chi connectivity index (χ2n) is 7.53. The minimum Gasteiger partial charge on any atom is -0.371 e. The van der Waals surface area contributed by atoms with E-state index < -0.39 is 0 Å². The van der Waals surface area contributed by atoms with Crippen LogP contribution in [0, 0.1) is 13.8 Å². The van der Waals surface area contributed by atoms with E-state index in [-0.39, 0.29) is 30.1 Å². The number of hydrogen-bond donors (Lipinski definition) is 1. The zero-order chi connectivity index (χ0) is 20.4. The number of ether oxygens (including phenoxy) is 2. The quantitative estimate of drug-likeness (QED) is 0.793. The van der Waals surface area contributed by atoms with Crippen molar-refractivity contribution in [1.82, 2.24) is 15.4 Å². The van der Waals surface area contributed by atoms with Crippen molar-refractivity contribution >= 4 is 23.2 Å². The van der Waals surface area contributed by atoms with Crippen molar-refractivity contribution in [1.29, 1.82) is 0 Å². The number of aryl methyl sites for hydroxylation is 2. The molecular formula is C20H25N3O5S. The summed E-state index contributed by atoms with van der Waals surface area (Å²) in [6, 6.07) is 1.59. The molecule has 2 amide bonds. The van der Waals surface area contributed by atoms with Gasteiger partial charge in [-0.05, 0) is 31.7 Å². The molecule has 2 fully saturated rings. The monoisotopic (exact) mass is 419 g/mol. The van der Waals surface area contributed by atoms with E-state index in [2.05, 4.69) is 10.5 Å². The Morgan fingerprint density at radius 1 is 1.24 bits per heavy atom. The topological polar surface area (TPSA) is 93.9 Å². The van der Waals surface area contributed by atoms with E-state index in [0.29, 0.717) is 44.7 Å². The lowest BCUT2D eigenvalue weighted by Crippen LogP contribution is -2.41. The van der Waals surface area contributed by atoms with E-state index in [4.69, 9.17) is 14.0 Å². The highest BCUT2D eigenvalue weighted by Crippen LogP contribution is 2.22. The van der Waals surface area contributed by atoms with Crippen molar-refractivity contribution in [3.8, 4) is 0 Å². The molecule has 0 aromatic carbocycles. The number of likely N-dealkylation sites (tertiary alicyclic amines) is 1. The van der Waals surface area contributed by atoms with Gasteiger partial charge < -0.3 is 24.2 Å². The van der Waals surface area contributed by atoms with Gasteiger partial charge in [0.25, 0.3) is 5.91 Å². The lowest BCUT2D eigenvalue weighted by Gasteiger charge is -2.19. The minimum absolute atomic E-state index is 0.0765. The van der Waals surface area contributed by atoms with Crippen molar-refractivity contribution in [3.63, 3.8) is 0 Å². The SMILES string of the molecule is Cc1noc(C)c1CCC(=O)N1C[C@@H]2OCC(NC(=O)c3ccsc3)CO[C@H]2C1. The maximum absolute atomic E-state index is 12.6. The Labute approximate surface area is 173 Å². The van der Waals surface area contributed by atoms with Gasteiger partial charge in [0.05, 0.1) is 24.9 Å². The molecule has 2 atom stereocenters. The molecule has 0 aliphatic carbocycles. The fourth-order valence-corrected chi connectivity index (χ4v) is 4.43. The number of amides is 2. The molecule has 156 valence electrons. The second kappa shape index (κ2) is 8.64. The number of hydrogen-bond acceptors (Lipinski definition) is 7. The van der Waals surface area contributed by atoms with Gasteiger partial charge in [-0.2, -0.15) is 11.3 Å². The Balaban J connectivity index is 1.26. The average Bonchev–Trinajstić information content (AvgIpc) is 3.42. The van der Waals surface area contributed by atoms with Gasteiger partial charge in [0.2, 0.25) is 5.91 Å². The van der Waals surface area contributed by atoms with Gasteiger partial charge in [0.1, 0.15) is 18.0 Å². The molecule has 2 saturated heterocycles. The third-order valence-electron chi connectivity index (χ3n) is 5.48. The smallest absolute Gasteiger partial charge is 0.252 e. The molecule has 0 unspecified atom stereocenters. The molecule has 2 aromatic rings. The molecule has 29 heavy (non-hydrogen) atoms. The Hall–Kier alpha value is -2.23. The number of aromatic nitrogens is 1. The second-order valence-corrected chi connectivity index (χ2v) is 8.31. The van der Waals surface area contributed by atoms with Gasteiger partial charge in [0.15, 0.2) is 0 Å². The highest BCUT2D eigenvalue weighted by Gasteiger charge is 2.39. The molecule has 8 nitrogen and oxygen atoms in total. The summed E-state index contributed by atoms with van der Waals surface area (Å²) in [5, 5.41) is 10.6. The van der Waals surface area contributed by atoms with E-state index >= 15 is 0 Å². The summed E-state index contributed by atoms with van der Waals surface area (Å²) in [4.78, 5) is 26.7. The molecule has 2 aliphatic rings. The maximum Gasteiger partial charge on any atom is 0.252 e. The Morgan fingerprint density at radius 3 is 2.55 bits per heavy atom. The van der Waals surface area contributed by atoms with E-state index in [0.717, 1.165) is 17.0 Å². The van der Waals surface area contributed by atoms with Gasteiger partial charge in [0, 0.05) is 36.0 Å². The van der Waals surface area contributed by atoms with Crippen molar-refractivity contribution < 1.29 is 23.6 Å². The van der Waals surface area contributed by atoms with Crippen molar-refractivity contribution in [2.75, 3.05) is 26.3 Å². The lowest BCUT2D eigenvalue weighted by molar-refractivity contribution is -0.131. The van der Waals surface area contributed by atoms with Crippen LogP contribution in [0.25, 0.3) is 0 Å². The van der Waals surface area contributed by atoms with Crippen molar-refractivity contribution in [2.45, 2.75) is 44.9 Å². The molecule has 0 spiro atoms. The first kappa shape index (κ1) is 20.1. The van der Waals surface area contributed by atoms with Crippen LogP contribution in [0.2, 0.25) is 0 Å². The fraction of sp³-hybridized carbons (Fsp3) is 0.550. The van der Waals surface area contributed by atoms with Crippen LogP contribution < -0.4 is 5.32 Å². The zero-order valence-electron chi connectivity index (χ0n) is 16.6. The van der Waals surface area contributed by atoms with Crippen LogP contribution in [0.3, 0.4) is 0 Å². The van der Waals surface area contributed by atoms with Crippen LogP contribution in [-0.2, 0) is 20.7 Å². The predicted molar refractivity (Wildman–Crippen MR) is 106 cm³/mol. The molecule has 2 aliphatic heterocycles. The normalized spacial score (nSPS) is 22.3. The number of rotatable bonds is 5. The third-order valence-corrected chi connectivity index (χ3v) is 6.16. The maximum atomic E-state index is 12.6. The van der Waals surface area contributed by atoms with Gasteiger partial charge in [-0.15, -0.1) is 0 Å². The fourth-order valence-electron chi connectivity index (χ4n) is 3.79. The summed E-state index contributed by atoms with van der Waals surface area (Å²) in [5.74, 6) is 0.725. The average molecular weight is 420 g/mol. The molecule has 0 radical (unpaired) electrons. The molecule has 0 bridgehead atoms. The summed E-state index contributed by atoms with van der Waals surface area (Å²) in [6.45, 7) is 5.52. The highest BCUT2D eigenvalue weighted by atomic mass is 32.1. The largest absolute Gasteiger partial charge is 0.371 e. The van der Waals surface area contributed by atoms with Crippen LogP contribution in [-0.4, -0.2) is 66.4 Å². The first-order chi connectivity index (χ1) is 14.0. The zero-order valence-corrected chi connectivity index (χ0v) is 17.4. The number of nitrogens with one attached hydrogen (secondary N) is 1. The molecule has 1 N–H and O–H groups in total. The van der Waals surface area contributed by atoms with Gasteiger partial charge in [-0.3, -0.25) is 9.59 Å². The summed E-state index contributed by atoms with van der Waals surface area (Å²) >= 11 is 1.49. The molecule has 9 heteroatoms. The lowest BCUT2D eigenvalue weighted by atomic mass is 10.1. The van der Waals surface area contributed by atoms with Crippen LogP contribution >= 0.6 is 11.3 Å². The van der Waals surface area contributed by atoms with E-state index in [1.54, 1.807) is 11.0 Å². The number of fused-ring (bicyclic) bond motifs is 1. The van der Waals surface area contributed by atoms with Crippen molar-refractivity contribution in [3.05, 3.63) is 39.4 Å². The summed E-state index contributed by atoms with van der Waals surface area (Å²) in [7, 11) is 0. The predicted octanol–water partition coefficient (Wildman–Crippen LogP) is 1.71. The Kier molecular flexibility index (Phi) is 5.98. The molecule has 4 heterocycles. The number of thiophene rings is 1. The molecule has 4 rings (SSSR count). The van der Waals surface area contributed by atoms with Crippen LogP contribution in [0.4, 0.5) is 0 Å². The summed E-state index contributed by atoms with van der Waals surface area (Å²) in [5.41, 5.74) is 2.49. The Morgan fingerprint density at radius 2 is 1.97 bits per heavy atom. The minimum atomic E-state index is -0.198. The van der Waals surface area contributed by atoms with Gasteiger partial charge in [-0.25, -0.2) is 0 Å². The molecule has 0 saturated carbocycles. The van der Waals surface area contributed by atoms with E-state index in [1.807, 2.05) is 24.6 Å². The van der Waals surface area contributed by atoms with E-state index in [9.17, 15) is 9.59 Å². The van der Waals surface area contributed by atoms with E-state index in [1.165, 1.54) is 11.3 Å². The van der Waals surface area contributed by atoms with Crippen LogP contribution in [0.5, 0.6) is 0 Å². The van der Waals surface area contributed by atoms with Gasteiger partial charge >= 0.3 is 0 Å². The number of carbonyl (C=O) groups is 2. The van der Waals surface area contributed by atoms with Crippen LogP contribution in [0.1, 0.15) is 33.8 Å². The summed E-state index contributed by atoms with van der Waals surface area (Å²) < 4.78 is 17.1. The van der Waals surface area contributed by atoms with Crippen molar-refractivity contribution in [2.24, 2.45) is 0 Å². The highest BCUT2D eigenvalue weighted by molar-refractivity contribution is 7.08. The summed E-state index contributed by atoms with van der Waals surface area (Å²) in [6.07, 6.45) is 0.688. The Bertz CT molecular complexity index is 830.